The van der Waals surface area contributed by atoms with Crippen LogP contribution in [0.25, 0.3) is 22.6 Å². The second kappa shape index (κ2) is 8.82. The van der Waals surface area contributed by atoms with Gasteiger partial charge in [-0.1, -0.05) is 49.9 Å². The second-order valence-corrected chi connectivity index (χ2v) is 8.97. The van der Waals surface area contributed by atoms with Crippen molar-refractivity contribution < 1.29 is 4.65 Å². The Balaban J connectivity index is 1.23. The quantitative estimate of drug-likeness (QED) is 0.465. The topological polar surface area (TPSA) is 93.6 Å². The van der Waals surface area contributed by atoms with E-state index in [1.54, 1.807) is 0 Å². The first kappa shape index (κ1) is 20.2. The normalized spacial score (nSPS) is 22.4. The maximum Gasteiger partial charge on any atom is 0.205 e. The van der Waals surface area contributed by atoms with Gasteiger partial charge in [-0.15, -0.1) is 10.2 Å². The summed E-state index contributed by atoms with van der Waals surface area (Å²) in [5, 5.41) is 27.6. The Kier molecular flexibility index (Phi) is 5.76. The lowest BCUT2D eigenvalue weighted by Gasteiger charge is -2.38. The van der Waals surface area contributed by atoms with E-state index in [2.05, 4.69) is 30.5 Å². The zero-order valence-corrected chi connectivity index (χ0v) is 17.8. The van der Waals surface area contributed by atoms with Crippen LogP contribution in [0.2, 0.25) is 0 Å². The molecule has 1 saturated carbocycles. The molecule has 2 aromatic heterocycles. The van der Waals surface area contributed by atoms with Gasteiger partial charge in [0.05, 0.1) is 18.8 Å². The van der Waals surface area contributed by atoms with Crippen LogP contribution in [0.5, 0.6) is 0 Å². The maximum absolute atomic E-state index is 13.3. The van der Waals surface area contributed by atoms with Crippen molar-refractivity contribution in [1.82, 2.24) is 30.5 Å². The lowest BCUT2D eigenvalue weighted by Crippen LogP contribution is -2.40. The molecule has 0 amide bonds. The molecule has 1 atom stereocenters. The average Bonchev–Trinajstić information content (AvgIpc) is 3.56. The first-order chi connectivity index (χ1) is 15.2. The van der Waals surface area contributed by atoms with Gasteiger partial charge in [0.15, 0.2) is 0 Å². The van der Waals surface area contributed by atoms with Gasteiger partial charge in [-0.2, -0.15) is 5.21 Å². The molecule has 1 unspecified atom stereocenters. The number of pyridine rings is 1. The van der Waals surface area contributed by atoms with Crippen LogP contribution in [0.3, 0.4) is 0 Å². The number of tetrazole rings is 1. The number of nitrogens with zero attached hydrogens (tertiary/aromatic N) is 6. The van der Waals surface area contributed by atoms with Gasteiger partial charge >= 0.3 is 0 Å². The molecule has 1 aliphatic carbocycles. The Bertz CT molecular complexity index is 985. The van der Waals surface area contributed by atoms with Crippen molar-refractivity contribution in [3.8, 4) is 22.6 Å². The fourth-order valence-electron chi connectivity index (χ4n) is 4.99. The summed E-state index contributed by atoms with van der Waals surface area (Å²) in [6.45, 7) is 3.69. The summed E-state index contributed by atoms with van der Waals surface area (Å²) in [4.78, 5) is 7.01. The average molecular weight is 420 g/mol. The lowest BCUT2D eigenvalue weighted by molar-refractivity contribution is -0.886. The number of nitrogens with one attached hydrogen (secondary N) is 1. The van der Waals surface area contributed by atoms with Crippen LogP contribution in [0, 0.1) is 11.1 Å². The molecular weight excluding hydrogens is 390 g/mol. The van der Waals surface area contributed by atoms with E-state index in [1.165, 1.54) is 32.1 Å². The predicted molar refractivity (Wildman–Crippen MR) is 118 cm³/mol. The van der Waals surface area contributed by atoms with Crippen LogP contribution in [-0.4, -0.2) is 61.5 Å². The number of hydrogen-bond acceptors (Lipinski definition) is 6. The van der Waals surface area contributed by atoms with E-state index < -0.39 is 0 Å². The number of rotatable bonds is 7. The molecule has 2 fully saturated rings. The summed E-state index contributed by atoms with van der Waals surface area (Å²) >= 11 is 0. The predicted octanol–water partition coefficient (Wildman–Crippen LogP) is 3.60. The van der Waals surface area contributed by atoms with E-state index in [4.69, 9.17) is 0 Å². The molecule has 5 rings (SSSR count). The van der Waals surface area contributed by atoms with Crippen LogP contribution < -0.4 is 0 Å². The van der Waals surface area contributed by atoms with Crippen LogP contribution in [0.1, 0.15) is 37.7 Å². The molecule has 0 bridgehead atoms. The number of hydroxylamine groups is 3. The molecule has 0 spiro atoms. The zero-order valence-electron chi connectivity index (χ0n) is 17.8. The third kappa shape index (κ3) is 4.66. The molecule has 2 aliphatic rings. The van der Waals surface area contributed by atoms with Gasteiger partial charge < -0.3 is 9.85 Å². The lowest BCUT2D eigenvalue weighted by atomic mass is 10.0. The minimum absolute atomic E-state index is 0.175. The summed E-state index contributed by atoms with van der Waals surface area (Å²) in [6, 6.07) is 11.9. The molecule has 162 valence electrons. The smallest absolute Gasteiger partial charge is 0.205 e. The van der Waals surface area contributed by atoms with E-state index in [-0.39, 0.29) is 4.65 Å². The zero-order chi connectivity index (χ0) is 21.1. The van der Waals surface area contributed by atoms with E-state index in [0.717, 1.165) is 41.4 Å². The summed E-state index contributed by atoms with van der Waals surface area (Å²) < 4.78 is -0.175. The van der Waals surface area contributed by atoms with Gasteiger partial charge in [-0.3, -0.25) is 9.88 Å². The number of benzene rings is 1. The van der Waals surface area contributed by atoms with E-state index in [0.29, 0.717) is 25.6 Å². The van der Waals surface area contributed by atoms with E-state index >= 15 is 0 Å². The van der Waals surface area contributed by atoms with Crippen LogP contribution >= 0.6 is 0 Å². The monoisotopic (exact) mass is 419 g/mol. The maximum atomic E-state index is 13.3. The number of hydrogen-bond donors (Lipinski definition) is 1. The molecule has 8 nitrogen and oxygen atoms in total. The van der Waals surface area contributed by atoms with Crippen molar-refractivity contribution in [3.63, 3.8) is 0 Å². The Hall–Kier alpha value is -2.68. The van der Waals surface area contributed by atoms with E-state index in [9.17, 15) is 5.21 Å². The third-order valence-corrected chi connectivity index (χ3v) is 6.69. The molecule has 1 saturated heterocycles. The van der Waals surface area contributed by atoms with E-state index in [1.807, 2.05) is 42.6 Å². The van der Waals surface area contributed by atoms with Crippen molar-refractivity contribution in [2.45, 2.75) is 38.6 Å². The fourth-order valence-corrected chi connectivity index (χ4v) is 4.99. The Morgan fingerprint density at radius 3 is 2.68 bits per heavy atom. The highest BCUT2D eigenvalue weighted by Gasteiger charge is 2.30. The highest BCUT2D eigenvalue weighted by Crippen LogP contribution is 2.30. The molecule has 0 radical (unpaired) electrons. The highest BCUT2D eigenvalue weighted by molar-refractivity contribution is 5.78. The van der Waals surface area contributed by atoms with Gasteiger partial charge in [-0.05, 0) is 29.7 Å². The minimum Gasteiger partial charge on any atom is -0.632 e. The van der Waals surface area contributed by atoms with Crippen molar-refractivity contribution in [3.05, 3.63) is 53.4 Å². The molecular formula is C23H29N7O. The van der Waals surface area contributed by atoms with Crippen molar-refractivity contribution in [1.29, 1.82) is 0 Å². The van der Waals surface area contributed by atoms with Gasteiger partial charge in [0.25, 0.3) is 0 Å². The summed E-state index contributed by atoms with van der Waals surface area (Å²) in [7, 11) is 0. The minimum atomic E-state index is -0.175. The fraction of sp³-hybridized carbons (Fsp3) is 0.478. The van der Waals surface area contributed by atoms with Gasteiger partial charge in [0.2, 0.25) is 5.82 Å². The largest absolute Gasteiger partial charge is 0.632 e. The molecule has 1 N–H and O–H groups in total. The summed E-state index contributed by atoms with van der Waals surface area (Å²) in [5.41, 5.74) is 3.64. The number of H-pyrrole nitrogens is 1. The number of aromatic amines is 1. The molecule has 1 aliphatic heterocycles. The summed E-state index contributed by atoms with van der Waals surface area (Å²) in [6.07, 6.45) is 8.60. The Labute approximate surface area is 182 Å². The van der Waals surface area contributed by atoms with Crippen LogP contribution in [0.15, 0.2) is 42.6 Å². The number of quaternary nitrogens is 1. The Morgan fingerprint density at radius 2 is 1.94 bits per heavy atom. The molecule has 31 heavy (non-hydrogen) atoms. The standard InChI is InChI=1S/C23H29N7O/c31-30(14-13-29(17-30)12-11-18-5-1-2-6-18)16-19-9-10-22(24-15-19)20-7-3-4-8-21(20)23-25-27-28-26-23/h3-4,7-10,15,18H,1-2,5-6,11-14,16-17H2,(H,25,26,27,28). The molecule has 8 heteroatoms. The number of aromatic nitrogens is 5. The van der Waals surface area contributed by atoms with Crippen molar-refractivity contribution in [2.75, 3.05) is 26.3 Å². The SMILES string of the molecule is [O-][N+]1(Cc2ccc(-c3ccccc3-c3nn[nH]n3)nc2)CCN(CCC2CCCC2)C1. The van der Waals surface area contributed by atoms with Crippen molar-refractivity contribution >= 4 is 0 Å². The van der Waals surface area contributed by atoms with Crippen LogP contribution in [0.4, 0.5) is 0 Å². The summed E-state index contributed by atoms with van der Waals surface area (Å²) in [5.74, 6) is 1.42. The Morgan fingerprint density at radius 1 is 1.10 bits per heavy atom. The van der Waals surface area contributed by atoms with Gasteiger partial charge in [-0.25, -0.2) is 0 Å². The molecule has 3 heterocycles. The molecule has 1 aromatic carbocycles. The molecule has 3 aromatic rings. The first-order valence-corrected chi connectivity index (χ1v) is 11.3. The van der Waals surface area contributed by atoms with Gasteiger partial charge in [0, 0.05) is 29.4 Å². The first-order valence-electron chi connectivity index (χ1n) is 11.3. The highest BCUT2D eigenvalue weighted by atomic mass is 16.6. The second-order valence-electron chi connectivity index (χ2n) is 8.97. The van der Waals surface area contributed by atoms with Crippen LogP contribution in [-0.2, 0) is 6.54 Å². The van der Waals surface area contributed by atoms with Gasteiger partial charge in [0.1, 0.15) is 13.2 Å². The van der Waals surface area contributed by atoms with Crippen molar-refractivity contribution in [2.24, 2.45) is 5.92 Å². The third-order valence-electron chi connectivity index (χ3n) is 6.69.